The fourth-order valence-electron chi connectivity index (χ4n) is 4.25. The maximum Gasteiger partial charge on any atom is 0.321 e. The third kappa shape index (κ3) is 4.70. The van der Waals surface area contributed by atoms with Gasteiger partial charge in [-0.2, -0.15) is 4.31 Å². The smallest absolute Gasteiger partial charge is 0.321 e. The molecule has 2 fully saturated rings. The molecule has 0 bridgehead atoms. The SMILES string of the molecule is O=C(Nc1ccc(N2CCOCC2)nc1)N1CCN(S(=O)(=O)c2ccc3ccccc3c2)CC1. The molecule has 34 heavy (non-hydrogen) atoms. The Labute approximate surface area is 199 Å². The second-order valence-corrected chi connectivity index (χ2v) is 10.3. The zero-order valence-electron chi connectivity index (χ0n) is 18.8. The monoisotopic (exact) mass is 481 g/mol. The molecular formula is C24H27N5O4S. The Kier molecular flexibility index (Phi) is 6.36. The van der Waals surface area contributed by atoms with Gasteiger partial charge >= 0.3 is 6.03 Å². The van der Waals surface area contributed by atoms with E-state index in [1.165, 1.54) is 4.31 Å². The minimum atomic E-state index is -3.63. The number of benzene rings is 2. The summed E-state index contributed by atoms with van der Waals surface area (Å²) >= 11 is 0. The molecule has 178 valence electrons. The number of ether oxygens (including phenoxy) is 1. The molecule has 2 saturated heterocycles. The van der Waals surface area contributed by atoms with E-state index >= 15 is 0 Å². The van der Waals surface area contributed by atoms with Crippen molar-refractivity contribution in [2.45, 2.75) is 4.90 Å². The molecule has 10 heteroatoms. The number of amides is 2. The summed E-state index contributed by atoms with van der Waals surface area (Å²) in [5.41, 5.74) is 0.605. The van der Waals surface area contributed by atoms with Gasteiger partial charge < -0.3 is 19.9 Å². The standard InChI is InChI=1S/C24H27N5O4S/c30-24(26-21-6-8-23(25-18-21)27-13-15-33-16-14-27)28-9-11-29(12-10-28)34(31,32)22-7-5-19-3-1-2-4-20(19)17-22/h1-8,17-18H,9-16H2,(H,26,30). The maximum atomic E-state index is 13.1. The highest BCUT2D eigenvalue weighted by atomic mass is 32.2. The van der Waals surface area contributed by atoms with Crippen LogP contribution >= 0.6 is 0 Å². The van der Waals surface area contributed by atoms with E-state index < -0.39 is 10.0 Å². The van der Waals surface area contributed by atoms with Crippen molar-refractivity contribution < 1.29 is 17.9 Å². The van der Waals surface area contributed by atoms with Crippen molar-refractivity contribution in [2.75, 3.05) is 62.7 Å². The first-order valence-electron chi connectivity index (χ1n) is 11.3. The highest BCUT2D eigenvalue weighted by Crippen LogP contribution is 2.23. The molecule has 0 spiro atoms. The van der Waals surface area contributed by atoms with Gasteiger partial charge in [-0.3, -0.25) is 0 Å². The molecule has 5 rings (SSSR count). The number of sulfonamides is 1. The molecule has 2 aromatic carbocycles. The predicted molar refractivity (Wildman–Crippen MR) is 131 cm³/mol. The third-order valence-electron chi connectivity index (χ3n) is 6.22. The van der Waals surface area contributed by atoms with E-state index in [2.05, 4.69) is 15.2 Å². The van der Waals surface area contributed by atoms with E-state index in [4.69, 9.17) is 4.74 Å². The van der Waals surface area contributed by atoms with Crippen LogP contribution in [-0.4, -0.2) is 81.1 Å². The van der Waals surface area contributed by atoms with E-state index in [1.54, 1.807) is 23.2 Å². The van der Waals surface area contributed by atoms with Crippen LogP contribution < -0.4 is 10.2 Å². The number of fused-ring (bicyclic) bond motifs is 1. The minimum Gasteiger partial charge on any atom is -0.378 e. The topological polar surface area (TPSA) is 95.1 Å². The second-order valence-electron chi connectivity index (χ2n) is 8.33. The number of carbonyl (C=O) groups is 1. The number of hydrogen-bond donors (Lipinski definition) is 1. The van der Waals surface area contributed by atoms with Crippen molar-refractivity contribution in [1.29, 1.82) is 0 Å². The van der Waals surface area contributed by atoms with Crippen LogP contribution in [0.2, 0.25) is 0 Å². The first-order valence-corrected chi connectivity index (χ1v) is 12.8. The Morgan fingerprint density at radius 3 is 2.32 bits per heavy atom. The lowest BCUT2D eigenvalue weighted by Gasteiger charge is -2.34. The molecule has 2 amide bonds. The molecule has 0 aliphatic carbocycles. The van der Waals surface area contributed by atoms with Crippen LogP contribution in [0.4, 0.5) is 16.3 Å². The van der Waals surface area contributed by atoms with Crippen LogP contribution in [0.25, 0.3) is 10.8 Å². The van der Waals surface area contributed by atoms with Crippen LogP contribution in [0, 0.1) is 0 Å². The predicted octanol–water partition coefficient (Wildman–Crippen LogP) is 2.61. The van der Waals surface area contributed by atoms with Gasteiger partial charge in [-0.25, -0.2) is 18.2 Å². The van der Waals surface area contributed by atoms with E-state index in [1.807, 2.05) is 42.5 Å². The summed E-state index contributed by atoms with van der Waals surface area (Å²) in [5, 5.41) is 4.74. The summed E-state index contributed by atoms with van der Waals surface area (Å²) in [7, 11) is -3.63. The fraction of sp³-hybridized carbons (Fsp3) is 0.333. The van der Waals surface area contributed by atoms with Crippen molar-refractivity contribution in [1.82, 2.24) is 14.2 Å². The van der Waals surface area contributed by atoms with Crippen molar-refractivity contribution >= 4 is 38.3 Å². The minimum absolute atomic E-state index is 0.247. The summed E-state index contributed by atoms with van der Waals surface area (Å²) in [6.07, 6.45) is 1.64. The number of morpholine rings is 1. The van der Waals surface area contributed by atoms with Crippen molar-refractivity contribution in [3.63, 3.8) is 0 Å². The highest BCUT2D eigenvalue weighted by Gasteiger charge is 2.30. The average molecular weight is 482 g/mol. The zero-order chi connectivity index (χ0) is 23.5. The Morgan fingerprint density at radius 2 is 1.62 bits per heavy atom. The average Bonchev–Trinajstić information content (AvgIpc) is 2.89. The van der Waals surface area contributed by atoms with Gasteiger partial charge in [0.05, 0.1) is 30.0 Å². The van der Waals surface area contributed by atoms with Gasteiger partial charge in [0, 0.05) is 39.3 Å². The largest absolute Gasteiger partial charge is 0.378 e. The van der Waals surface area contributed by atoms with Gasteiger partial charge in [0.2, 0.25) is 10.0 Å². The summed E-state index contributed by atoms with van der Waals surface area (Å²) < 4.78 is 33.1. The molecule has 3 heterocycles. The van der Waals surface area contributed by atoms with Crippen molar-refractivity contribution in [2.24, 2.45) is 0 Å². The molecule has 2 aliphatic heterocycles. The van der Waals surface area contributed by atoms with Gasteiger partial charge in [-0.05, 0) is 35.0 Å². The van der Waals surface area contributed by atoms with E-state index in [0.717, 1.165) is 29.7 Å². The second kappa shape index (κ2) is 9.57. The third-order valence-corrected chi connectivity index (χ3v) is 8.11. The summed E-state index contributed by atoms with van der Waals surface area (Å²) in [4.78, 5) is 21.2. The molecule has 2 aliphatic rings. The van der Waals surface area contributed by atoms with Gasteiger partial charge in [-0.1, -0.05) is 30.3 Å². The maximum absolute atomic E-state index is 13.1. The molecule has 0 saturated carbocycles. The number of pyridine rings is 1. The van der Waals surface area contributed by atoms with Crippen LogP contribution in [0.15, 0.2) is 65.7 Å². The molecule has 0 unspecified atom stereocenters. The van der Waals surface area contributed by atoms with Crippen LogP contribution in [-0.2, 0) is 14.8 Å². The summed E-state index contributed by atoms with van der Waals surface area (Å²) in [6.45, 7) is 4.09. The molecule has 9 nitrogen and oxygen atoms in total. The van der Waals surface area contributed by atoms with Gasteiger partial charge in [-0.15, -0.1) is 0 Å². The lowest BCUT2D eigenvalue weighted by Crippen LogP contribution is -2.51. The number of aromatic nitrogens is 1. The quantitative estimate of drug-likeness (QED) is 0.616. The number of nitrogens with one attached hydrogen (secondary N) is 1. The zero-order valence-corrected chi connectivity index (χ0v) is 19.6. The number of carbonyl (C=O) groups excluding carboxylic acids is 1. The number of hydrogen-bond acceptors (Lipinski definition) is 6. The molecule has 1 aromatic heterocycles. The lowest BCUT2D eigenvalue weighted by molar-refractivity contribution is 0.122. The lowest BCUT2D eigenvalue weighted by atomic mass is 10.1. The Bertz CT molecular complexity index is 1270. The van der Waals surface area contributed by atoms with Crippen LogP contribution in [0.1, 0.15) is 0 Å². The first-order chi connectivity index (χ1) is 16.5. The van der Waals surface area contributed by atoms with Gasteiger partial charge in [0.15, 0.2) is 0 Å². The molecular weight excluding hydrogens is 454 g/mol. The van der Waals surface area contributed by atoms with E-state index in [9.17, 15) is 13.2 Å². The molecule has 0 atom stereocenters. The van der Waals surface area contributed by atoms with Gasteiger partial charge in [0.1, 0.15) is 5.82 Å². The van der Waals surface area contributed by atoms with Crippen molar-refractivity contribution in [3.05, 3.63) is 60.8 Å². The highest BCUT2D eigenvalue weighted by molar-refractivity contribution is 7.89. The Hall–Kier alpha value is -3.21. The number of urea groups is 1. The van der Waals surface area contributed by atoms with Gasteiger partial charge in [0.25, 0.3) is 0 Å². The molecule has 0 radical (unpaired) electrons. The fourth-order valence-corrected chi connectivity index (χ4v) is 5.71. The number of piperazine rings is 1. The molecule has 1 N–H and O–H groups in total. The first kappa shape index (κ1) is 22.6. The van der Waals surface area contributed by atoms with E-state index in [0.29, 0.717) is 32.0 Å². The Balaban J connectivity index is 1.18. The normalized spacial score (nSPS) is 17.6. The van der Waals surface area contributed by atoms with Crippen LogP contribution in [0.3, 0.4) is 0 Å². The van der Waals surface area contributed by atoms with Crippen LogP contribution in [0.5, 0.6) is 0 Å². The molecule has 3 aromatic rings. The summed E-state index contributed by atoms with van der Waals surface area (Å²) in [5.74, 6) is 0.855. The van der Waals surface area contributed by atoms with Crippen molar-refractivity contribution in [3.8, 4) is 0 Å². The number of nitrogens with zero attached hydrogens (tertiary/aromatic N) is 4. The Morgan fingerprint density at radius 1 is 0.882 bits per heavy atom. The number of rotatable bonds is 4. The summed E-state index contributed by atoms with van der Waals surface area (Å²) in [6, 6.07) is 16.3. The number of anilines is 2. The van der Waals surface area contributed by atoms with E-state index in [-0.39, 0.29) is 24.0 Å².